The highest BCUT2D eigenvalue weighted by atomic mass is 35.5. The molecule has 0 unspecified atom stereocenters. The third-order valence-electron chi connectivity index (χ3n) is 6.17. The lowest BCUT2D eigenvalue weighted by Gasteiger charge is -2.32. The summed E-state index contributed by atoms with van der Waals surface area (Å²) in [7, 11) is -3.65. The Balaban J connectivity index is 1.87. The third kappa shape index (κ3) is 8.80. The van der Waals surface area contributed by atoms with Crippen LogP contribution in [0.1, 0.15) is 30.9 Å². The van der Waals surface area contributed by atoms with E-state index in [1.165, 1.54) is 15.3 Å². The quantitative estimate of drug-likeness (QED) is 0.318. The number of hydrogen-bond acceptors (Lipinski definition) is 4. The zero-order valence-corrected chi connectivity index (χ0v) is 23.6. The smallest absolute Gasteiger partial charge is 0.243 e. The lowest BCUT2D eigenvalue weighted by atomic mass is 10.0. The number of amides is 2. The Morgan fingerprint density at radius 2 is 1.69 bits per heavy atom. The fraction of sp³-hybridized carbons (Fsp3) is 0.310. The highest BCUT2D eigenvalue weighted by molar-refractivity contribution is 7.92. The maximum atomic E-state index is 14.6. The van der Waals surface area contributed by atoms with Crippen molar-refractivity contribution in [2.45, 2.75) is 38.8 Å². The van der Waals surface area contributed by atoms with Crippen molar-refractivity contribution in [3.8, 4) is 0 Å². The average Bonchev–Trinajstić information content (AvgIpc) is 2.89. The lowest BCUT2D eigenvalue weighted by molar-refractivity contribution is -0.141. The van der Waals surface area contributed by atoms with Crippen LogP contribution in [-0.2, 0) is 32.6 Å². The number of likely N-dealkylation sites (N-methyl/N-ethyl adjacent to an activating group) is 1. The number of nitrogens with one attached hydrogen (secondary N) is 1. The molecule has 0 fully saturated rings. The van der Waals surface area contributed by atoms with Crippen LogP contribution in [0.5, 0.6) is 0 Å². The van der Waals surface area contributed by atoms with Gasteiger partial charge in [0.25, 0.3) is 0 Å². The topological polar surface area (TPSA) is 86.8 Å². The summed E-state index contributed by atoms with van der Waals surface area (Å²) in [5.74, 6) is -1.21. The molecule has 3 aromatic rings. The van der Waals surface area contributed by atoms with E-state index < -0.39 is 21.9 Å². The molecule has 0 aliphatic rings. The molecule has 3 rings (SSSR count). The monoisotopic (exact) mass is 573 g/mol. The van der Waals surface area contributed by atoms with Crippen LogP contribution in [0, 0.1) is 5.82 Å². The van der Waals surface area contributed by atoms with Crippen LogP contribution < -0.4 is 9.62 Å². The van der Waals surface area contributed by atoms with Gasteiger partial charge in [0, 0.05) is 43.1 Å². The highest BCUT2D eigenvalue weighted by Gasteiger charge is 2.30. The summed E-state index contributed by atoms with van der Waals surface area (Å²) in [6.45, 7) is 2.08. The molecule has 3 aromatic carbocycles. The van der Waals surface area contributed by atoms with E-state index in [4.69, 9.17) is 11.6 Å². The minimum absolute atomic E-state index is 0.0307. The molecule has 0 saturated heterocycles. The van der Waals surface area contributed by atoms with Crippen molar-refractivity contribution in [2.24, 2.45) is 0 Å². The van der Waals surface area contributed by atoms with Gasteiger partial charge in [0.05, 0.1) is 11.9 Å². The van der Waals surface area contributed by atoms with Gasteiger partial charge >= 0.3 is 0 Å². The van der Waals surface area contributed by atoms with Gasteiger partial charge in [-0.15, -0.1) is 0 Å². The van der Waals surface area contributed by atoms with Crippen molar-refractivity contribution in [2.75, 3.05) is 23.7 Å². The summed E-state index contributed by atoms with van der Waals surface area (Å²) in [4.78, 5) is 28.2. The van der Waals surface area contributed by atoms with Gasteiger partial charge in [-0.1, -0.05) is 66.2 Å². The van der Waals surface area contributed by atoms with E-state index in [2.05, 4.69) is 5.32 Å². The first kappa shape index (κ1) is 30.1. The number of benzene rings is 3. The number of nitrogens with zero attached hydrogens (tertiary/aromatic N) is 2. The molecule has 39 heavy (non-hydrogen) atoms. The molecule has 2 amide bonds. The van der Waals surface area contributed by atoms with Crippen molar-refractivity contribution in [3.63, 3.8) is 0 Å². The maximum Gasteiger partial charge on any atom is 0.243 e. The average molecular weight is 574 g/mol. The summed E-state index contributed by atoms with van der Waals surface area (Å²) < 4.78 is 40.8. The van der Waals surface area contributed by atoms with Gasteiger partial charge in [0.1, 0.15) is 11.9 Å². The van der Waals surface area contributed by atoms with E-state index in [0.29, 0.717) is 17.3 Å². The first-order valence-corrected chi connectivity index (χ1v) is 14.9. The molecule has 0 aliphatic carbocycles. The minimum Gasteiger partial charge on any atom is -0.355 e. The predicted octanol–water partition coefficient (Wildman–Crippen LogP) is 4.80. The molecule has 0 saturated carbocycles. The van der Waals surface area contributed by atoms with Crippen molar-refractivity contribution in [3.05, 3.63) is 101 Å². The standard InChI is InChI=1S/C29H33ClFN3O4S/c1-3-32-29(36)27(19-22-11-5-4-6-12-22)33(21-23-13-7-8-16-26(23)31)28(35)17-10-18-34(39(2,37)38)25-15-9-14-24(30)20-25/h4-9,11-16,20,27H,3,10,17-19,21H2,1-2H3,(H,32,36)/t27-/m1/s1. The largest absolute Gasteiger partial charge is 0.355 e. The Hall–Kier alpha value is -3.43. The number of sulfonamides is 1. The number of carbonyl (C=O) groups is 2. The summed E-state index contributed by atoms with van der Waals surface area (Å²) >= 11 is 6.06. The van der Waals surface area contributed by atoms with Gasteiger partial charge in [-0.2, -0.15) is 0 Å². The van der Waals surface area contributed by atoms with E-state index in [0.717, 1.165) is 11.8 Å². The number of hydrogen-bond donors (Lipinski definition) is 1. The summed E-state index contributed by atoms with van der Waals surface area (Å²) in [5.41, 5.74) is 1.53. The maximum absolute atomic E-state index is 14.6. The zero-order chi connectivity index (χ0) is 28.4. The number of anilines is 1. The highest BCUT2D eigenvalue weighted by Crippen LogP contribution is 2.23. The number of rotatable bonds is 13. The van der Waals surface area contributed by atoms with Crippen LogP contribution in [0.15, 0.2) is 78.9 Å². The minimum atomic E-state index is -3.65. The molecule has 0 radical (unpaired) electrons. The summed E-state index contributed by atoms with van der Waals surface area (Å²) in [6.07, 6.45) is 1.46. The number of halogens is 2. The van der Waals surface area contributed by atoms with Gasteiger partial charge < -0.3 is 10.2 Å². The van der Waals surface area contributed by atoms with Crippen molar-refractivity contribution in [1.29, 1.82) is 0 Å². The summed E-state index contributed by atoms with van der Waals surface area (Å²) in [6, 6.07) is 21.0. The van der Waals surface area contributed by atoms with E-state index in [1.807, 2.05) is 30.3 Å². The lowest BCUT2D eigenvalue weighted by Crippen LogP contribution is -2.50. The molecule has 1 atom stereocenters. The molecule has 0 bridgehead atoms. The molecule has 0 aromatic heterocycles. The molecule has 208 valence electrons. The fourth-order valence-electron chi connectivity index (χ4n) is 4.29. The van der Waals surface area contributed by atoms with E-state index in [1.54, 1.807) is 49.4 Å². The van der Waals surface area contributed by atoms with Crippen LogP contribution in [0.2, 0.25) is 5.02 Å². The van der Waals surface area contributed by atoms with Crippen LogP contribution in [-0.4, -0.2) is 50.5 Å². The first-order valence-electron chi connectivity index (χ1n) is 12.7. The van der Waals surface area contributed by atoms with Gasteiger partial charge in [-0.05, 0) is 43.2 Å². The number of carbonyl (C=O) groups excluding carboxylic acids is 2. The zero-order valence-electron chi connectivity index (χ0n) is 22.0. The van der Waals surface area contributed by atoms with Gasteiger partial charge in [0.2, 0.25) is 21.8 Å². The van der Waals surface area contributed by atoms with Gasteiger partial charge in [-0.25, -0.2) is 12.8 Å². The van der Waals surface area contributed by atoms with Crippen LogP contribution in [0.4, 0.5) is 10.1 Å². The van der Waals surface area contributed by atoms with Crippen LogP contribution in [0.25, 0.3) is 0 Å². The normalized spacial score (nSPS) is 12.0. The van der Waals surface area contributed by atoms with Gasteiger partial charge in [-0.3, -0.25) is 13.9 Å². The Kier molecular flexibility index (Phi) is 10.9. The molecule has 1 N–H and O–H groups in total. The Morgan fingerprint density at radius 3 is 2.33 bits per heavy atom. The van der Waals surface area contributed by atoms with E-state index in [-0.39, 0.29) is 49.7 Å². The fourth-order valence-corrected chi connectivity index (χ4v) is 5.43. The molecular weight excluding hydrogens is 541 g/mol. The van der Waals surface area contributed by atoms with Crippen molar-refractivity contribution < 1.29 is 22.4 Å². The van der Waals surface area contributed by atoms with E-state index in [9.17, 15) is 22.4 Å². The second kappa shape index (κ2) is 14.1. The Bertz CT molecular complexity index is 1370. The Morgan fingerprint density at radius 1 is 1.00 bits per heavy atom. The van der Waals surface area contributed by atoms with Crippen LogP contribution in [0.3, 0.4) is 0 Å². The molecule has 0 aliphatic heterocycles. The molecular formula is C29H33ClFN3O4S. The van der Waals surface area contributed by atoms with Crippen molar-refractivity contribution in [1.82, 2.24) is 10.2 Å². The third-order valence-corrected chi connectivity index (χ3v) is 7.60. The second-order valence-electron chi connectivity index (χ2n) is 9.13. The molecule has 0 heterocycles. The Labute approximate surface area is 234 Å². The second-order valence-corrected chi connectivity index (χ2v) is 11.5. The molecule has 7 nitrogen and oxygen atoms in total. The predicted molar refractivity (Wildman–Crippen MR) is 152 cm³/mol. The van der Waals surface area contributed by atoms with E-state index >= 15 is 0 Å². The van der Waals surface area contributed by atoms with Gasteiger partial charge in [0.15, 0.2) is 0 Å². The first-order chi connectivity index (χ1) is 18.6. The molecule has 10 heteroatoms. The van der Waals surface area contributed by atoms with Crippen LogP contribution >= 0.6 is 11.6 Å². The summed E-state index contributed by atoms with van der Waals surface area (Å²) in [5, 5.41) is 3.18. The SMILES string of the molecule is CCNC(=O)[C@@H](Cc1ccccc1)N(Cc1ccccc1F)C(=O)CCCN(c1cccc(Cl)c1)S(C)(=O)=O. The van der Waals surface area contributed by atoms with Crippen molar-refractivity contribution >= 4 is 39.1 Å². The molecule has 0 spiro atoms.